The van der Waals surface area contributed by atoms with E-state index in [4.69, 9.17) is 14.4 Å². The molecule has 9 aromatic rings. The first-order valence-corrected chi connectivity index (χ1v) is 16.9. The Bertz CT molecular complexity index is 2770. The standard InChI is InChI=1S/C45H30N4O/c1-3-12-29(13-4-1)43-46-44(30-14-5-2-6-15-30)48-45(47-43)31-22-25-33(26-23-31)49-39-20-9-7-16-35(39)36-27-24-32(28-40(36)49)34-18-11-19-38-37-17-8-10-21-41(37)50-42(34)38/h1-28,45H,(H,46,47,48). The average Bonchev–Trinajstić information content (AvgIpc) is 3.74. The summed E-state index contributed by atoms with van der Waals surface area (Å²) in [6, 6.07) is 59.2. The van der Waals surface area contributed by atoms with E-state index in [0.29, 0.717) is 5.84 Å². The summed E-state index contributed by atoms with van der Waals surface area (Å²) in [5, 5.41) is 8.28. The number of aromatic nitrogens is 1. The topological polar surface area (TPSA) is 54.8 Å². The van der Waals surface area contributed by atoms with Crippen LogP contribution in [0.2, 0.25) is 0 Å². The van der Waals surface area contributed by atoms with E-state index in [1.165, 1.54) is 10.8 Å². The van der Waals surface area contributed by atoms with Crippen molar-refractivity contribution in [3.63, 3.8) is 0 Å². The van der Waals surface area contributed by atoms with Crippen molar-refractivity contribution in [2.45, 2.75) is 6.17 Å². The number of aliphatic imine (C=N–C) groups is 2. The average molecular weight is 643 g/mol. The first-order valence-electron chi connectivity index (χ1n) is 16.9. The van der Waals surface area contributed by atoms with Crippen LogP contribution in [-0.2, 0) is 0 Å². The van der Waals surface area contributed by atoms with Gasteiger partial charge in [-0.25, -0.2) is 9.98 Å². The van der Waals surface area contributed by atoms with E-state index in [9.17, 15) is 0 Å². The Morgan fingerprint density at radius 1 is 0.520 bits per heavy atom. The van der Waals surface area contributed by atoms with Gasteiger partial charge in [-0.15, -0.1) is 0 Å². The van der Waals surface area contributed by atoms with Gasteiger partial charge < -0.3 is 14.3 Å². The van der Waals surface area contributed by atoms with Crippen LogP contribution >= 0.6 is 0 Å². The largest absolute Gasteiger partial charge is 0.455 e. The normalized spacial score (nSPS) is 14.6. The highest BCUT2D eigenvalue weighted by molar-refractivity contribution is 6.14. The summed E-state index contributed by atoms with van der Waals surface area (Å²) in [5.74, 6) is 1.52. The molecule has 236 valence electrons. The van der Waals surface area contributed by atoms with E-state index in [1.54, 1.807) is 0 Å². The minimum absolute atomic E-state index is 0.291. The molecule has 1 unspecified atom stereocenters. The second-order valence-electron chi connectivity index (χ2n) is 12.6. The smallest absolute Gasteiger partial charge is 0.159 e. The zero-order valence-corrected chi connectivity index (χ0v) is 27.0. The van der Waals surface area contributed by atoms with Crippen molar-refractivity contribution in [2.24, 2.45) is 9.98 Å². The van der Waals surface area contributed by atoms with Crippen molar-refractivity contribution in [3.8, 4) is 16.8 Å². The Morgan fingerprint density at radius 2 is 1.20 bits per heavy atom. The predicted molar refractivity (Wildman–Crippen MR) is 205 cm³/mol. The maximum absolute atomic E-state index is 6.43. The summed E-state index contributed by atoms with van der Waals surface area (Å²) in [6.07, 6.45) is -0.291. The molecule has 0 amide bonds. The molecule has 3 heterocycles. The highest BCUT2D eigenvalue weighted by Gasteiger charge is 2.22. The first kappa shape index (κ1) is 28.3. The molecule has 5 nitrogen and oxygen atoms in total. The number of hydrogen-bond donors (Lipinski definition) is 1. The van der Waals surface area contributed by atoms with Gasteiger partial charge in [-0.2, -0.15) is 0 Å². The fraction of sp³-hybridized carbons (Fsp3) is 0.0222. The molecule has 10 rings (SSSR count). The van der Waals surface area contributed by atoms with E-state index in [2.05, 4.69) is 131 Å². The van der Waals surface area contributed by atoms with Crippen LogP contribution < -0.4 is 5.32 Å². The zero-order valence-electron chi connectivity index (χ0n) is 27.0. The fourth-order valence-electron chi connectivity index (χ4n) is 7.28. The molecule has 0 spiro atoms. The number of hydrogen-bond acceptors (Lipinski definition) is 4. The maximum Gasteiger partial charge on any atom is 0.159 e. The van der Waals surface area contributed by atoms with Crippen molar-refractivity contribution >= 4 is 55.4 Å². The molecule has 7 aromatic carbocycles. The van der Waals surface area contributed by atoms with Gasteiger partial charge in [0.05, 0.1) is 11.0 Å². The van der Waals surface area contributed by atoms with Gasteiger partial charge in [0.15, 0.2) is 5.84 Å². The minimum atomic E-state index is -0.291. The molecular weight excluding hydrogens is 613 g/mol. The van der Waals surface area contributed by atoms with Crippen molar-refractivity contribution in [1.82, 2.24) is 9.88 Å². The third-order valence-electron chi connectivity index (χ3n) is 9.68. The number of furan rings is 1. The lowest BCUT2D eigenvalue weighted by Gasteiger charge is -2.24. The minimum Gasteiger partial charge on any atom is -0.455 e. The van der Waals surface area contributed by atoms with E-state index >= 15 is 0 Å². The third-order valence-corrected chi connectivity index (χ3v) is 9.68. The SMILES string of the molecule is c1ccc(C2=NC(c3ccc(-n4c5ccccc5c5ccc(-c6cccc7c6oc6ccccc67)cc54)cc3)NC(c3ccccc3)=N2)cc1. The number of amidine groups is 2. The molecule has 2 aromatic heterocycles. The predicted octanol–water partition coefficient (Wildman–Crippen LogP) is 10.8. The van der Waals surface area contributed by atoms with Gasteiger partial charge in [-0.05, 0) is 41.5 Å². The molecule has 0 aliphatic carbocycles. The molecule has 1 atom stereocenters. The summed E-state index contributed by atoms with van der Waals surface area (Å²) in [4.78, 5) is 10.0. The van der Waals surface area contributed by atoms with E-state index in [1.807, 2.05) is 48.5 Å². The lowest BCUT2D eigenvalue weighted by Crippen LogP contribution is -2.33. The van der Waals surface area contributed by atoms with Crippen LogP contribution in [0.1, 0.15) is 22.9 Å². The summed E-state index contributed by atoms with van der Waals surface area (Å²) < 4.78 is 8.80. The van der Waals surface area contributed by atoms with E-state index in [-0.39, 0.29) is 6.17 Å². The Balaban J connectivity index is 1.08. The molecule has 1 N–H and O–H groups in total. The second kappa shape index (κ2) is 11.5. The quantitative estimate of drug-likeness (QED) is 0.203. The number of fused-ring (bicyclic) bond motifs is 6. The third kappa shape index (κ3) is 4.63. The molecule has 0 saturated carbocycles. The second-order valence-corrected chi connectivity index (χ2v) is 12.6. The van der Waals surface area contributed by atoms with Gasteiger partial charge in [-0.1, -0.05) is 140 Å². The molecule has 0 radical (unpaired) electrons. The fourth-order valence-corrected chi connectivity index (χ4v) is 7.28. The number of benzene rings is 7. The molecule has 0 saturated heterocycles. The Morgan fingerprint density at radius 3 is 2.02 bits per heavy atom. The molecule has 0 fully saturated rings. The van der Waals surface area contributed by atoms with Gasteiger partial charge in [0.25, 0.3) is 0 Å². The van der Waals surface area contributed by atoms with Crippen LogP contribution in [0.25, 0.3) is 60.6 Å². The van der Waals surface area contributed by atoms with Crippen molar-refractivity contribution in [3.05, 3.63) is 187 Å². The monoisotopic (exact) mass is 642 g/mol. The van der Waals surface area contributed by atoms with Gasteiger partial charge in [0.1, 0.15) is 23.2 Å². The first-order chi connectivity index (χ1) is 24.8. The Kier molecular flexibility index (Phi) is 6.49. The number of nitrogens with zero attached hydrogens (tertiary/aromatic N) is 3. The molecule has 50 heavy (non-hydrogen) atoms. The van der Waals surface area contributed by atoms with Gasteiger partial charge in [0, 0.05) is 43.9 Å². The van der Waals surface area contributed by atoms with Crippen molar-refractivity contribution in [1.29, 1.82) is 0 Å². The van der Waals surface area contributed by atoms with Crippen LogP contribution in [0.5, 0.6) is 0 Å². The van der Waals surface area contributed by atoms with Crippen LogP contribution in [0.3, 0.4) is 0 Å². The highest BCUT2D eigenvalue weighted by atomic mass is 16.3. The van der Waals surface area contributed by atoms with Gasteiger partial charge in [0.2, 0.25) is 0 Å². The lowest BCUT2D eigenvalue weighted by atomic mass is 10.0. The molecular formula is C45H30N4O. The van der Waals surface area contributed by atoms with Gasteiger partial charge in [-0.3, -0.25) is 0 Å². The molecule has 5 heteroatoms. The highest BCUT2D eigenvalue weighted by Crippen LogP contribution is 2.39. The Labute approximate surface area is 288 Å². The van der Waals surface area contributed by atoms with E-state index < -0.39 is 0 Å². The zero-order chi connectivity index (χ0) is 33.0. The van der Waals surface area contributed by atoms with Gasteiger partial charge >= 0.3 is 0 Å². The lowest BCUT2D eigenvalue weighted by molar-refractivity contribution is 0.670. The summed E-state index contributed by atoms with van der Waals surface area (Å²) in [5.41, 5.74) is 10.5. The maximum atomic E-state index is 6.43. The van der Waals surface area contributed by atoms with Crippen LogP contribution in [0.15, 0.2) is 184 Å². The molecule has 1 aliphatic heterocycles. The van der Waals surface area contributed by atoms with Crippen molar-refractivity contribution in [2.75, 3.05) is 0 Å². The molecule has 1 aliphatic rings. The van der Waals surface area contributed by atoms with Crippen LogP contribution in [-0.4, -0.2) is 16.2 Å². The van der Waals surface area contributed by atoms with Crippen LogP contribution in [0.4, 0.5) is 0 Å². The number of para-hydroxylation sites is 3. The van der Waals surface area contributed by atoms with E-state index in [0.717, 1.165) is 72.3 Å². The van der Waals surface area contributed by atoms with Crippen LogP contribution in [0, 0.1) is 0 Å². The summed E-state index contributed by atoms with van der Waals surface area (Å²) in [7, 11) is 0. The summed E-state index contributed by atoms with van der Waals surface area (Å²) >= 11 is 0. The van der Waals surface area contributed by atoms with Crippen molar-refractivity contribution < 1.29 is 4.42 Å². The Hall–Kier alpha value is -6.72. The summed E-state index contributed by atoms with van der Waals surface area (Å²) in [6.45, 7) is 0. The number of rotatable bonds is 5. The number of nitrogens with one attached hydrogen (secondary N) is 1. The molecule has 0 bridgehead atoms.